The molecule has 0 bridgehead atoms. The molecule has 2 aromatic heterocycles. The average molecular weight is 340 g/mol. The molecule has 3 N–H and O–H groups in total. The predicted molar refractivity (Wildman–Crippen MR) is 84.7 cm³/mol. The zero-order valence-electron chi connectivity index (χ0n) is 13.2. The summed E-state index contributed by atoms with van der Waals surface area (Å²) >= 11 is 0. The Morgan fingerprint density at radius 1 is 1.43 bits per heavy atom. The Balaban J connectivity index is 1.97. The molecule has 0 unspecified atom stereocenters. The van der Waals surface area contributed by atoms with Crippen LogP contribution < -0.4 is 10.0 Å². The van der Waals surface area contributed by atoms with Crippen molar-refractivity contribution >= 4 is 15.9 Å². The van der Waals surface area contributed by atoms with Gasteiger partial charge in [-0.25, -0.2) is 13.1 Å². The lowest BCUT2D eigenvalue weighted by atomic mass is 10.1. The van der Waals surface area contributed by atoms with E-state index in [0.717, 1.165) is 6.26 Å². The molecule has 23 heavy (non-hydrogen) atoms. The van der Waals surface area contributed by atoms with Gasteiger partial charge in [-0.3, -0.25) is 9.89 Å². The molecule has 0 saturated heterocycles. The van der Waals surface area contributed by atoms with Gasteiger partial charge < -0.3 is 9.73 Å². The van der Waals surface area contributed by atoms with E-state index in [4.69, 9.17) is 4.42 Å². The Morgan fingerprint density at radius 3 is 2.74 bits per heavy atom. The van der Waals surface area contributed by atoms with Crippen LogP contribution in [-0.4, -0.2) is 36.8 Å². The summed E-state index contributed by atoms with van der Waals surface area (Å²) in [5.41, 5.74) is 1.32. The van der Waals surface area contributed by atoms with Crippen molar-refractivity contribution in [2.75, 3.05) is 6.26 Å². The molecule has 0 spiro atoms. The van der Waals surface area contributed by atoms with Crippen LogP contribution in [0.25, 0.3) is 11.5 Å². The van der Waals surface area contributed by atoms with E-state index in [0.29, 0.717) is 17.1 Å². The third kappa shape index (κ3) is 4.93. The summed E-state index contributed by atoms with van der Waals surface area (Å²) in [7, 11) is -3.47. The van der Waals surface area contributed by atoms with Crippen molar-refractivity contribution in [1.82, 2.24) is 20.2 Å². The highest BCUT2D eigenvalue weighted by atomic mass is 32.2. The lowest BCUT2D eigenvalue weighted by molar-refractivity contribution is -0.123. The van der Waals surface area contributed by atoms with Crippen LogP contribution in [0.15, 0.2) is 28.9 Å². The van der Waals surface area contributed by atoms with Gasteiger partial charge in [-0.15, -0.1) is 0 Å². The number of amides is 1. The molecular formula is C14H20N4O4S. The molecule has 2 aromatic rings. The second-order valence-electron chi connectivity index (χ2n) is 5.59. The van der Waals surface area contributed by atoms with Crippen LogP contribution in [0.3, 0.4) is 0 Å². The molecule has 0 saturated carbocycles. The molecule has 0 aliphatic rings. The van der Waals surface area contributed by atoms with Crippen LogP contribution in [0.1, 0.15) is 19.5 Å². The van der Waals surface area contributed by atoms with Crippen molar-refractivity contribution in [2.45, 2.75) is 26.4 Å². The van der Waals surface area contributed by atoms with E-state index >= 15 is 0 Å². The summed E-state index contributed by atoms with van der Waals surface area (Å²) in [5, 5.41) is 9.59. The molecule has 0 radical (unpaired) electrons. The number of hydrogen-bond acceptors (Lipinski definition) is 5. The zero-order valence-corrected chi connectivity index (χ0v) is 14.0. The van der Waals surface area contributed by atoms with Gasteiger partial charge in [-0.05, 0) is 24.1 Å². The van der Waals surface area contributed by atoms with E-state index in [1.807, 2.05) is 0 Å². The molecule has 2 rings (SSSR count). The van der Waals surface area contributed by atoms with Crippen LogP contribution in [0.4, 0.5) is 0 Å². The average Bonchev–Trinajstić information content (AvgIpc) is 3.11. The third-order valence-corrected chi connectivity index (χ3v) is 3.83. The van der Waals surface area contributed by atoms with Crippen LogP contribution in [0.5, 0.6) is 0 Å². The third-order valence-electron chi connectivity index (χ3n) is 3.15. The minimum absolute atomic E-state index is 0.176. The highest BCUT2D eigenvalue weighted by Gasteiger charge is 2.25. The minimum atomic E-state index is -3.47. The number of aromatic amines is 1. The predicted octanol–water partition coefficient (Wildman–Crippen LogP) is 0.860. The number of aromatic nitrogens is 2. The van der Waals surface area contributed by atoms with Crippen molar-refractivity contribution in [1.29, 1.82) is 0 Å². The Bertz CT molecular complexity index is 750. The fourth-order valence-corrected chi connectivity index (χ4v) is 2.86. The Hall–Kier alpha value is -2.13. The summed E-state index contributed by atoms with van der Waals surface area (Å²) < 4.78 is 30.3. The van der Waals surface area contributed by atoms with E-state index in [-0.39, 0.29) is 18.4 Å². The second-order valence-corrected chi connectivity index (χ2v) is 7.37. The van der Waals surface area contributed by atoms with Crippen molar-refractivity contribution in [3.63, 3.8) is 0 Å². The van der Waals surface area contributed by atoms with E-state index in [2.05, 4.69) is 20.2 Å². The monoisotopic (exact) mass is 340 g/mol. The molecule has 126 valence electrons. The van der Waals surface area contributed by atoms with Gasteiger partial charge in [-0.2, -0.15) is 5.10 Å². The van der Waals surface area contributed by atoms with Gasteiger partial charge in [0.05, 0.1) is 24.8 Å². The highest BCUT2D eigenvalue weighted by Crippen LogP contribution is 2.17. The van der Waals surface area contributed by atoms with Crippen LogP contribution >= 0.6 is 0 Å². The van der Waals surface area contributed by atoms with Crippen LogP contribution in [-0.2, 0) is 21.4 Å². The SMILES string of the molecule is CC(C)[C@H](NS(C)(=O)=O)C(=O)NCc1cc(-c2ccco2)n[nH]1. The summed E-state index contributed by atoms with van der Waals surface area (Å²) in [6, 6.07) is 4.48. The van der Waals surface area contributed by atoms with Gasteiger partial charge in [0.1, 0.15) is 11.7 Å². The fraction of sp³-hybridized carbons (Fsp3) is 0.429. The fourth-order valence-electron chi connectivity index (χ4n) is 2.02. The summed E-state index contributed by atoms with van der Waals surface area (Å²) in [6.07, 6.45) is 2.58. The second kappa shape index (κ2) is 6.97. The van der Waals surface area contributed by atoms with E-state index in [1.54, 1.807) is 38.3 Å². The number of rotatable bonds is 7. The highest BCUT2D eigenvalue weighted by molar-refractivity contribution is 7.88. The first-order chi connectivity index (χ1) is 10.8. The lowest BCUT2D eigenvalue weighted by Crippen LogP contribution is -2.49. The maximum Gasteiger partial charge on any atom is 0.238 e. The Morgan fingerprint density at radius 2 is 2.17 bits per heavy atom. The number of furan rings is 1. The number of nitrogens with one attached hydrogen (secondary N) is 3. The first kappa shape index (κ1) is 17.2. The standard InChI is InChI=1S/C14H20N4O4S/c1-9(2)13(18-23(3,20)21)14(19)15-8-10-7-11(17-16-10)12-5-4-6-22-12/h4-7,9,13,18H,8H2,1-3H3,(H,15,19)(H,16,17)/t13-/m0/s1. The number of carbonyl (C=O) groups is 1. The van der Waals surface area contributed by atoms with Crippen molar-refractivity contribution in [3.8, 4) is 11.5 Å². The normalized spacial score (nSPS) is 13.2. The number of sulfonamides is 1. The molecule has 1 amide bonds. The molecule has 9 heteroatoms. The molecule has 0 aliphatic carbocycles. The van der Waals surface area contributed by atoms with Gasteiger partial charge in [0, 0.05) is 0 Å². The van der Waals surface area contributed by atoms with E-state index in [1.165, 1.54) is 0 Å². The van der Waals surface area contributed by atoms with Gasteiger partial charge in [0.25, 0.3) is 0 Å². The molecule has 0 fully saturated rings. The number of H-pyrrole nitrogens is 1. The van der Waals surface area contributed by atoms with Crippen LogP contribution in [0.2, 0.25) is 0 Å². The number of carbonyl (C=O) groups excluding carboxylic acids is 1. The smallest absolute Gasteiger partial charge is 0.238 e. The zero-order chi connectivity index (χ0) is 17.0. The van der Waals surface area contributed by atoms with Crippen molar-refractivity contribution in [2.24, 2.45) is 5.92 Å². The maximum atomic E-state index is 12.2. The van der Waals surface area contributed by atoms with Gasteiger partial charge >= 0.3 is 0 Å². The van der Waals surface area contributed by atoms with Gasteiger partial charge in [-0.1, -0.05) is 13.8 Å². The number of hydrogen-bond donors (Lipinski definition) is 3. The van der Waals surface area contributed by atoms with E-state index in [9.17, 15) is 13.2 Å². The Kier molecular flexibility index (Phi) is 5.22. The van der Waals surface area contributed by atoms with Crippen molar-refractivity contribution in [3.05, 3.63) is 30.2 Å². The molecule has 0 aromatic carbocycles. The quantitative estimate of drug-likeness (QED) is 0.691. The van der Waals surface area contributed by atoms with Gasteiger partial charge in [0.15, 0.2) is 5.76 Å². The summed E-state index contributed by atoms with van der Waals surface area (Å²) in [6.45, 7) is 3.75. The topological polar surface area (TPSA) is 117 Å². The number of nitrogens with zero attached hydrogens (tertiary/aromatic N) is 1. The molecule has 8 nitrogen and oxygen atoms in total. The largest absolute Gasteiger partial charge is 0.463 e. The summed E-state index contributed by atoms with van der Waals surface area (Å²) in [4.78, 5) is 12.2. The molecule has 0 aliphatic heterocycles. The lowest BCUT2D eigenvalue weighted by Gasteiger charge is -2.20. The Labute approximate surface area is 134 Å². The molecular weight excluding hydrogens is 320 g/mol. The van der Waals surface area contributed by atoms with E-state index < -0.39 is 16.1 Å². The first-order valence-electron chi connectivity index (χ1n) is 7.09. The van der Waals surface area contributed by atoms with Gasteiger partial charge in [0.2, 0.25) is 15.9 Å². The van der Waals surface area contributed by atoms with Crippen molar-refractivity contribution < 1.29 is 17.6 Å². The molecule has 2 heterocycles. The molecule has 1 atom stereocenters. The minimum Gasteiger partial charge on any atom is -0.463 e. The van der Waals surface area contributed by atoms with Crippen LogP contribution in [0, 0.1) is 5.92 Å². The first-order valence-corrected chi connectivity index (χ1v) is 8.98. The summed E-state index contributed by atoms with van der Waals surface area (Å²) in [5.74, 6) is 0.0578. The maximum absolute atomic E-state index is 12.2.